The number of anilines is 1. The summed E-state index contributed by atoms with van der Waals surface area (Å²) in [7, 11) is 0. The van der Waals surface area contributed by atoms with Crippen molar-refractivity contribution >= 4 is 27.4 Å². The average Bonchev–Trinajstić information content (AvgIpc) is 2.61. The quantitative estimate of drug-likeness (QED) is 0.880. The van der Waals surface area contributed by atoms with Crippen molar-refractivity contribution in [1.82, 2.24) is 9.97 Å². The van der Waals surface area contributed by atoms with Crippen molar-refractivity contribution in [2.24, 2.45) is 0 Å². The average molecular weight is 251 g/mol. The number of hydrogen-bond acceptors (Lipinski definition) is 5. The highest BCUT2D eigenvalue weighted by molar-refractivity contribution is 7.18. The van der Waals surface area contributed by atoms with Crippen molar-refractivity contribution in [3.63, 3.8) is 0 Å². The second-order valence-corrected chi connectivity index (χ2v) is 5.72. The van der Waals surface area contributed by atoms with Crippen LogP contribution >= 0.6 is 11.3 Å². The lowest BCUT2D eigenvalue weighted by atomic mass is 9.99. The van der Waals surface area contributed by atoms with Gasteiger partial charge in [-0.3, -0.25) is 0 Å². The molecule has 0 saturated carbocycles. The van der Waals surface area contributed by atoms with Crippen LogP contribution in [-0.2, 0) is 0 Å². The summed E-state index contributed by atoms with van der Waals surface area (Å²) in [6, 6.07) is 0. The molecule has 0 radical (unpaired) electrons. The van der Waals surface area contributed by atoms with Crippen LogP contribution in [0.15, 0.2) is 11.7 Å². The first kappa shape index (κ1) is 12.3. The maximum Gasteiger partial charge on any atom is 0.147 e. The van der Waals surface area contributed by atoms with E-state index < -0.39 is 11.6 Å². The molecule has 0 aliphatic heterocycles. The van der Waals surface area contributed by atoms with Gasteiger partial charge < -0.3 is 10.4 Å². The third kappa shape index (κ3) is 2.25. The summed E-state index contributed by atoms with van der Waals surface area (Å²) >= 11 is 1.62. The lowest BCUT2D eigenvalue weighted by Gasteiger charge is -2.29. The van der Waals surface area contributed by atoms with Gasteiger partial charge in [-0.05, 0) is 38.6 Å². The Labute approximate surface area is 105 Å². The van der Waals surface area contributed by atoms with Gasteiger partial charge in [0.05, 0.1) is 21.9 Å². The summed E-state index contributed by atoms with van der Waals surface area (Å²) in [5.41, 5.74) is 1.72. The molecule has 1 unspecified atom stereocenters. The van der Waals surface area contributed by atoms with E-state index in [0.29, 0.717) is 0 Å². The fourth-order valence-corrected chi connectivity index (χ4v) is 2.41. The van der Waals surface area contributed by atoms with Crippen molar-refractivity contribution in [1.29, 1.82) is 0 Å². The Bertz CT molecular complexity index is 534. The van der Waals surface area contributed by atoms with E-state index in [-0.39, 0.29) is 0 Å². The molecule has 2 heterocycles. The van der Waals surface area contributed by atoms with Gasteiger partial charge in [0, 0.05) is 0 Å². The van der Waals surface area contributed by atoms with E-state index in [0.717, 1.165) is 21.6 Å². The van der Waals surface area contributed by atoms with Crippen LogP contribution in [0.1, 0.15) is 26.3 Å². The number of nitrogens with zero attached hydrogens (tertiary/aromatic N) is 2. The Morgan fingerprint density at radius 3 is 2.76 bits per heavy atom. The summed E-state index contributed by atoms with van der Waals surface area (Å²) < 4.78 is 1.04. The monoisotopic (exact) mass is 251 g/mol. The summed E-state index contributed by atoms with van der Waals surface area (Å²) in [5, 5.41) is 15.1. The Balaban J connectivity index is 2.43. The number of aliphatic hydroxyl groups excluding tert-OH is 1. The van der Waals surface area contributed by atoms with E-state index in [4.69, 9.17) is 0 Å². The minimum atomic E-state index is -0.464. The van der Waals surface area contributed by atoms with Gasteiger partial charge in [-0.2, -0.15) is 0 Å². The van der Waals surface area contributed by atoms with E-state index in [1.165, 1.54) is 0 Å². The van der Waals surface area contributed by atoms with Crippen LogP contribution in [0.3, 0.4) is 0 Å². The fraction of sp³-hybridized carbons (Fsp3) is 0.500. The first-order valence-electron chi connectivity index (χ1n) is 5.57. The summed E-state index contributed by atoms with van der Waals surface area (Å²) in [6.45, 7) is 7.71. The molecule has 0 aliphatic rings. The molecule has 4 nitrogen and oxygen atoms in total. The molecular formula is C12H17N3OS. The zero-order valence-electron chi connectivity index (χ0n) is 10.5. The number of nitrogens with one attached hydrogen (secondary N) is 1. The van der Waals surface area contributed by atoms with Crippen molar-refractivity contribution in [2.45, 2.75) is 39.3 Å². The maximum absolute atomic E-state index is 9.72. The van der Waals surface area contributed by atoms with Crippen LogP contribution in [0.25, 0.3) is 10.2 Å². The van der Waals surface area contributed by atoms with Crippen LogP contribution in [-0.4, -0.2) is 26.7 Å². The Hall–Kier alpha value is -1.20. The molecule has 2 aromatic rings. The molecule has 0 aromatic carbocycles. The van der Waals surface area contributed by atoms with Gasteiger partial charge in [0.2, 0.25) is 0 Å². The lowest BCUT2D eigenvalue weighted by molar-refractivity contribution is 0.133. The molecule has 17 heavy (non-hydrogen) atoms. The Morgan fingerprint density at radius 2 is 2.12 bits per heavy atom. The minimum Gasteiger partial charge on any atom is -0.391 e. The molecule has 0 saturated heterocycles. The Morgan fingerprint density at radius 1 is 1.41 bits per heavy atom. The standard InChI is InChI=1S/C12H17N3OS/c1-7-5-17-10-9(7)13-6-14-11(10)15-12(3,4)8(2)16/h5-6,8,16H,1-4H3,(H,13,14,15). The predicted octanol–water partition coefficient (Wildman–Crippen LogP) is 2.57. The third-order valence-corrected chi connectivity index (χ3v) is 4.11. The molecule has 2 rings (SSSR count). The maximum atomic E-state index is 9.72. The number of hydrogen-bond donors (Lipinski definition) is 2. The van der Waals surface area contributed by atoms with E-state index in [1.54, 1.807) is 24.6 Å². The molecule has 2 N–H and O–H groups in total. The van der Waals surface area contributed by atoms with Crippen molar-refractivity contribution in [3.8, 4) is 0 Å². The molecule has 2 aromatic heterocycles. The molecule has 1 atom stereocenters. The van der Waals surface area contributed by atoms with E-state index in [1.807, 2.05) is 20.8 Å². The van der Waals surface area contributed by atoms with Crippen LogP contribution in [0.5, 0.6) is 0 Å². The van der Waals surface area contributed by atoms with Gasteiger partial charge in [-0.1, -0.05) is 0 Å². The van der Waals surface area contributed by atoms with Crippen molar-refractivity contribution in [2.75, 3.05) is 5.32 Å². The molecule has 0 aliphatic carbocycles. The molecule has 5 heteroatoms. The number of thiophene rings is 1. The SMILES string of the molecule is Cc1csc2c(NC(C)(C)C(C)O)ncnc12. The number of aryl methyl sites for hydroxylation is 1. The zero-order chi connectivity index (χ0) is 12.6. The fourth-order valence-electron chi connectivity index (χ4n) is 1.47. The second kappa shape index (κ2) is 4.23. The molecule has 0 amide bonds. The molecule has 0 fully saturated rings. The highest BCUT2D eigenvalue weighted by Gasteiger charge is 2.25. The van der Waals surface area contributed by atoms with Crippen LogP contribution < -0.4 is 5.32 Å². The molecule has 0 bridgehead atoms. The van der Waals surface area contributed by atoms with E-state index in [9.17, 15) is 5.11 Å². The number of aliphatic hydroxyl groups is 1. The highest BCUT2D eigenvalue weighted by atomic mass is 32.1. The number of fused-ring (bicyclic) bond motifs is 1. The number of aromatic nitrogens is 2. The zero-order valence-corrected chi connectivity index (χ0v) is 11.3. The summed E-state index contributed by atoms with van der Waals surface area (Å²) in [6.07, 6.45) is 1.09. The smallest absolute Gasteiger partial charge is 0.147 e. The normalized spacial score (nSPS) is 13.9. The predicted molar refractivity (Wildman–Crippen MR) is 71.5 cm³/mol. The van der Waals surface area contributed by atoms with Crippen LogP contribution in [0.2, 0.25) is 0 Å². The van der Waals surface area contributed by atoms with Gasteiger partial charge in [-0.25, -0.2) is 9.97 Å². The third-order valence-electron chi connectivity index (χ3n) is 3.02. The topological polar surface area (TPSA) is 58.0 Å². The Kier molecular flexibility index (Phi) is 3.05. The summed E-state index contributed by atoms with van der Waals surface area (Å²) in [4.78, 5) is 8.54. The van der Waals surface area contributed by atoms with Gasteiger partial charge in [-0.15, -0.1) is 11.3 Å². The van der Waals surface area contributed by atoms with Gasteiger partial charge in [0.25, 0.3) is 0 Å². The van der Waals surface area contributed by atoms with Crippen molar-refractivity contribution in [3.05, 3.63) is 17.3 Å². The largest absolute Gasteiger partial charge is 0.391 e. The molecule has 92 valence electrons. The summed E-state index contributed by atoms with van der Waals surface area (Å²) in [5.74, 6) is 0.791. The second-order valence-electron chi connectivity index (χ2n) is 4.84. The van der Waals surface area contributed by atoms with Crippen molar-refractivity contribution < 1.29 is 5.11 Å². The minimum absolute atomic E-state index is 0.417. The molecule has 0 spiro atoms. The number of rotatable bonds is 3. The first-order chi connectivity index (χ1) is 7.92. The van der Waals surface area contributed by atoms with Crippen LogP contribution in [0.4, 0.5) is 5.82 Å². The lowest BCUT2D eigenvalue weighted by Crippen LogP contribution is -2.42. The van der Waals surface area contributed by atoms with Gasteiger partial charge >= 0.3 is 0 Å². The first-order valence-corrected chi connectivity index (χ1v) is 6.45. The van der Waals surface area contributed by atoms with Gasteiger partial charge in [0.1, 0.15) is 12.1 Å². The van der Waals surface area contributed by atoms with E-state index in [2.05, 4.69) is 20.7 Å². The van der Waals surface area contributed by atoms with E-state index >= 15 is 0 Å². The molecular weight excluding hydrogens is 234 g/mol. The highest BCUT2D eigenvalue weighted by Crippen LogP contribution is 2.30. The van der Waals surface area contributed by atoms with Gasteiger partial charge in [0.15, 0.2) is 0 Å². The van der Waals surface area contributed by atoms with Crippen LogP contribution in [0, 0.1) is 6.92 Å².